The number of anilines is 2. The Labute approximate surface area is 185 Å². The van der Waals surface area contributed by atoms with Crippen LogP contribution in [0.3, 0.4) is 0 Å². The third kappa shape index (κ3) is 6.40. The molecule has 29 heavy (non-hydrogen) atoms. The second-order valence-electron chi connectivity index (χ2n) is 6.09. The van der Waals surface area contributed by atoms with Gasteiger partial charge in [-0.3, -0.25) is 19.3 Å². The molecule has 1 saturated heterocycles. The van der Waals surface area contributed by atoms with Gasteiger partial charge in [0.15, 0.2) is 5.13 Å². The molecular formula is C18H23Cl2N5O3S. The quantitative estimate of drug-likeness (QED) is 0.584. The third-order valence-electron chi connectivity index (χ3n) is 4.06. The average molecular weight is 460 g/mol. The Kier molecular flexibility index (Phi) is 10.0. The number of rotatable bonds is 7. The number of nitrogens with one attached hydrogen (secondary N) is 2. The molecule has 0 atom stereocenters. The van der Waals surface area contributed by atoms with Gasteiger partial charge in [-0.1, -0.05) is 12.1 Å². The van der Waals surface area contributed by atoms with E-state index in [0.29, 0.717) is 48.1 Å². The summed E-state index contributed by atoms with van der Waals surface area (Å²) in [6.07, 6.45) is 1.44. The number of carbonyl (C=O) groups excluding carboxylic acids is 3. The number of para-hydroxylation sites is 1. The van der Waals surface area contributed by atoms with Crippen LogP contribution < -0.4 is 21.3 Å². The van der Waals surface area contributed by atoms with Crippen LogP contribution in [0.25, 0.3) is 0 Å². The molecule has 4 N–H and O–H groups in total. The first-order chi connectivity index (χ1) is 13.1. The number of thiazole rings is 1. The summed E-state index contributed by atoms with van der Waals surface area (Å²) >= 11 is 1.35. The van der Waals surface area contributed by atoms with Crippen molar-refractivity contribution in [3.63, 3.8) is 0 Å². The number of halogens is 2. The van der Waals surface area contributed by atoms with Gasteiger partial charge in [0, 0.05) is 31.4 Å². The minimum atomic E-state index is -0.292. The summed E-state index contributed by atoms with van der Waals surface area (Å²) in [5.41, 5.74) is 6.80. The Balaban J connectivity index is 0.00000210. The van der Waals surface area contributed by atoms with E-state index in [0.717, 1.165) is 6.42 Å². The first kappa shape index (κ1) is 24.8. The molecule has 1 aliphatic rings. The highest BCUT2D eigenvalue weighted by atomic mass is 35.5. The highest BCUT2D eigenvalue weighted by molar-refractivity contribution is 7.14. The van der Waals surface area contributed by atoms with E-state index in [-0.39, 0.29) is 49.0 Å². The molecule has 0 aliphatic carbocycles. The van der Waals surface area contributed by atoms with Gasteiger partial charge in [-0.25, -0.2) is 4.98 Å². The fourth-order valence-electron chi connectivity index (χ4n) is 2.78. The van der Waals surface area contributed by atoms with Gasteiger partial charge < -0.3 is 16.4 Å². The van der Waals surface area contributed by atoms with E-state index < -0.39 is 0 Å². The van der Waals surface area contributed by atoms with E-state index in [4.69, 9.17) is 5.73 Å². The van der Waals surface area contributed by atoms with Crippen molar-refractivity contribution >= 4 is 64.7 Å². The maximum absolute atomic E-state index is 12.4. The normalized spacial score (nSPS) is 12.7. The van der Waals surface area contributed by atoms with E-state index >= 15 is 0 Å². The summed E-state index contributed by atoms with van der Waals surface area (Å²) in [5, 5.41) is 7.85. The van der Waals surface area contributed by atoms with Crippen LogP contribution in [0.5, 0.6) is 0 Å². The Morgan fingerprint density at radius 3 is 2.69 bits per heavy atom. The predicted octanol–water partition coefficient (Wildman–Crippen LogP) is 1.98. The van der Waals surface area contributed by atoms with Crippen molar-refractivity contribution in [1.29, 1.82) is 0 Å². The average Bonchev–Trinajstić information content (AvgIpc) is 3.28. The number of hydrogen-bond acceptors (Lipinski definition) is 6. The van der Waals surface area contributed by atoms with E-state index in [1.807, 2.05) is 0 Å². The molecule has 0 unspecified atom stereocenters. The number of benzene rings is 1. The summed E-state index contributed by atoms with van der Waals surface area (Å²) in [4.78, 5) is 42.4. The van der Waals surface area contributed by atoms with Gasteiger partial charge in [-0.2, -0.15) is 0 Å². The van der Waals surface area contributed by atoms with E-state index in [9.17, 15) is 14.4 Å². The van der Waals surface area contributed by atoms with Gasteiger partial charge in [0.1, 0.15) is 0 Å². The summed E-state index contributed by atoms with van der Waals surface area (Å²) in [7, 11) is 0. The number of carbonyl (C=O) groups is 3. The first-order valence-corrected chi connectivity index (χ1v) is 9.58. The lowest BCUT2D eigenvalue weighted by molar-refractivity contribution is -0.117. The zero-order chi connectivity index (χ0) is 19.2. The molecule has 0 spiro atoms. The number of amides is 3. The number of nitrogens with zero attached hydrogens (tertiary/aromatic N) is 2. The number of nitrogens with two attached hydrogens (primary N) is 1. The maximum atomic E-state index is 12.4. The third-order valence-corrected chi connectivity index (χ3v) is 4.97. The summed E-state index contributed by atoms with van der Waals surface area (Å²) in [5.74, 6) is -0.503. The van der Waals surface area contributed by atoms with Crippen molar-refractivity contribution in [3.8, 4) is 0 Å². The van der Waals surface area contributed by atoms with Crippen molar-refractivity contribution < 1.29 is 14.4 Å². The van der Waals surface area contributed by atoms with Gasteiger partial charge >= 0.3 is 0 Å². The molecule has 1 aliphatic heterocycles. The minimum absolute atomic E-state index is 0. The molecule has 11 heteroatoms. The Bertz CT molecular complexity index is 862. The number of hydrogen-bond donors (Lipinski definition) is 3. The number of aromatic nitrogens is 1. The maximum Gasteiger partial charge on any atom is 0.253 e. The van der Waals surface area contributed by atoms with Crippen molar-refractivity contribution in [3.05, 3.63) is 40.9 Å². The van der Waals surface area contributed by atoms with Crippen LogP contribution in [0, 0.1) is 0 Å². The molecule has 3 amide bonds. The molecule has 8 nitrogen and oxygen atoms in total. The second-order valence-corrected chi connectivity index (χ2v) is 6.92. The first-order valence-electron chi connectivity index (χ1n) is 8.70. The monoisotopic (exact) mass is 459 g/mol. The molecule has 2 aromatic rings. The predicted molar refractivity (Wildman–Crippen MR) is 118 cm³/mol. The van der Waals surface area contributed by atoms with Gasteiger partial charge in [0.05, 0.1) is 23.4 Å². The lowest BCUT2D eigenvalue weighted by atomic mass is 10.1. The molecule has 158 valence electrons. The summed E-state index contributed by atoms with van der Waals surface area (Å²) in [6, 6.07) is 6.79. The Hall–Kier alpha value is -2.20. The van der Waals surface area contributed by atoms with E-state index in [2.05, 4.69) is 15.6 Å². The fraction of sp³-hybridized carbons (Fsp3) is 0.333. The van der Waals surface area contributed by atoms with Crippen LogP contribution in [0.15, 0.2) is 29.6 Å². The molecule has 0 bridgehead atoms. The van der Waals surface area contributed by atoms with Crippen LogP contribution in [0.4, 0.5) is 10.8 Å². The lowest BCUT2D eigenvalue weighted by Crippen LogP contribution is -2.30. The molecule has 3 rings (SSSR count). The van der Waals surface area contributed by atoms with Crippen LogP contribution in [-0.2, 0) is 16.0 Å². The molecule has 1 aromatic carbocycles. The highest BCUT2D eigenvalue weighted by Gasteiger charge is 2.24. The molecule has 1 aromatic heterocycles. The minimum Gasteiger partial charge on any atom is -0.351 e. The Morgan fingerprint density at radius 1 is 1.24 bits per heavy atom. The Morgan fingerprint density at radius 2 is 2.00 bits per heavy atom. The topological polar surface area (TPSA) is 117 Å². The van der Waals surface area contributed by atoms with Crippen LogP contribution in [0.1, 0.15) is 28.9 Å². The zero-order valence-corrected chi connectivity index (χ0v) is 18.0. The highest BCUT2D eigenvalue weighted by Crippen LogP contribution is 2.25. The largest absolute Gasteiger partial charge is 0.351 e. The van der Waals surface area contributed by atoms with Crippen LogP contribution in [-0.4, -0.2) is 42.3 Å². The van der Waals surface area contributed by atoms with E-state index in [1.165, 1.54) is 11.3 Å². The van der Waals surface area contributed by atoms with Crippen LogP contribution in [0.2, 0.25) is 0 Å². The summed E-state index contributed by atoms with van der Waals surface area (Å²) in [6.45, 7) is 1.37. The fourth-order valence-corrected chi connectivity index (χ4v) is 3.65. The summed E-state index contributed by atoms with van der Waals surface area (Å²) < 4.78 is 0. The standard InChI is InChI=1S/C18H21N5O3S.2ClH/c19-7-8-20-17(26)13-4-1-2-5-14(13)22-15(24)10-12-11-27-18(21-12)23-9-3-6-16(23)25;;/h1-2,4-5,11H,3,6-10,19H2,(H,20,26)(H,22,24);2*1H. The molecule has 2 heterocycles. The molecule has 0 saturated carbocycles. The lowest BCUT2D eigenvalue weighted by Gasteiger charge is -2.11. The molecule has 1 fully saturated rings. The molecular weight excluding hydrogens is 437 g/mol. The van der Waals surface area contributed by atoms with Crippen molar-refractivity contribution in [2.45, 2.75) is 19.3 Å². The van der Waals surface area contributed by atoms with Crippen molar-refractivity contribution in [1.82, 2.24) is 10.3 Å². The van der Waals surface area contributed by atoms with E-state index in [1.54, 1.807) is 34.5 Å². The van der Waals surface area contributed by atoms with Gasteiger partial charge in [-0.05, 0) is 18.6 Å². The molecule has 0 radical (unpaired) electrons. The smallest absolute Gasteiger partial charge is 0.253 e. The van der Waals surface area contributed by atoms with Gasteiger partial charge in [0.2, 0.25) is 11.8 Å². The van der Waals surface area contributed by atoms with Crippen molar-refractivity contribution in [2.24, 2.45) is 5.73 Å². The second kappa shape index (κ2) is 11.7. The van der Waals surface area contributed by atoms with Crippen LogP contribution >= 0.6 is 36.2 Å². The van der Waals surface area contributed by atoms with Gasteiger partial charge in [0.25, 0.3) is 5.91 Å². The SMILES string of the molecule is Cl.Cl.NCCNC(=O)c1ccccc1NC(=O)Cc1csc(N2CCCC2=O)n1. The zero-order valence-electron chi connectivity index (χ0n) is 15.6. The van der Waals surface area contributed by atoms with Crippen molar-refractivity contribution in [2.75, 3.05) is 29.9 Å². The van der Waals surface area contributed by atoms with Gasteiger partial charge in [-0.15, -0.1) is 36.2 Å².